The lowest BCUT2D eigenvalue weighted by atomic mass is 10.2. The first-order valence-electron chi connectivity index (χ1n) is 6.25. The molecule has 0 unspecified atom stereocenters. The van der Waals surface area contributed by atoms with Gasteiger partial charge >= 0.3 is 0 Å². The van der Waals surface area contributed by atoms with Gasteiger partial charge in [0, 0.05) is 5.56 Å². The van der Waals surface area contributed by atoms with Crippen LogP contribution in [0.2, 0.25) is 18.1 Å². The van der Waals surface area contributed by atoms with Gasteiger partial charge in [0.25, 0.3) is 5.24 Å². The molecule has 0 aliphatic heterocycles. The Morgan fingerprint density at radius 1 is 1.00 bits per heavy atom. The summed E-state index contributed by atoms with van der Waals surface area (Å²) in [5.74, 6) is 0. The molecule has 0 spiro atoms. The van der Waals surface area contributed by atoms with Crippen molar-refractivity contribution < 1.29 is 4.79 Å². The van der Waals surface area contributed by atoms with Gasteiger partial charge in [-0.3, -0.25) is 4.79 Å². The molecule has 1 nitrogen and oxygen atoms in total. The summed E-state index contributed by atoms with van der Waals surface area (Å²) in [6.45, 7) is 11.1. The molecule has 1 rings (SSSR count). The van der Waals surface area contributed by atoms with Crippen molar-refractivity contribution in [3.05, 3.63) is 73.9 Å². The lowest BCUT2D eigenvalue weighted by Gasteiger charge is -2.18. The van der Waals surface area contributed by atoms with E-state index < -0.39 is 12.6 Å². The van der Waals surface area contributed by atoms with Crippen LogP contribution in [0, 0.1) is 0 Å². The molecule has 0 aliphatic rings. The van der Waals surface area contributed by atoms with Crippen molar-refractivity contribution >= 4 is 35.3 Å². The maximum absolute atomic E-state index is 10.4. The van der Waals surface area contributed by atoms with Gasteiger partial charge in [0.2, 0.25) is 0 Å². The largest absolute Gasteiger partial charge is 0.276 e. The molecule has 20 heavy (non-hydrogen) atoms. The molecule has 0 fully saturated rings. The Hall–Kier alpha value is -1.09. The van der Waals surface area contributed by atoms with E-state index in [1.54, 1.807) is 24.3 Å². The number of halogens is 2. The molecule has 0 atom stereocenters. The summed E-state index contributed by atoms with van der Waals surface area (Å²) in [6, 6.07) is 11.5. The Balaban J connectivity index is 0.000000367. The van der Waals surface area contributed by atoms with E-state index in [9.17, 15) is 4.79 Å². The predicted molar refractivity (Wildman–Crippen MR) is 93.2 cm³/mol. The molecule has 0 radical (unpaired) electrons. The predicted octanol–water partition coefficient (Wildman–Crippen LogP) is 5.79. The first-order chi connectivity index (χ1) is 9.49. The fourth-order valence-electron chi connectivity index (χ4n) is 1.60. The summed E-state index contributed by atoms with van der Waals surface area (Å²) in [5, 5.41) is -0.407. The van der Waals surface area contributed by atoms with E-state index in [1.807, 2.05) is 24.3 Å². The van der Waals surface area contributed by atoms with Crippen LogP contribution >= 0.6 is 22.7 Å². The molecule has 0 bridgehead atoms. The number of allylic oxidation sites excluding steroid dienone is 3. The fourth-order valence-corrected chi connectivity index (χ4v) is 4.76. The maximum Gasteiger partial charge on any atom is 0.252 e. The highest BCUT2D eigenvalue weighted by molar-refractivity contribution is 7.21. The Bertz CT molecular complexity index is 417. The van der Waals surface area contributed by atoms with Crippen LogP contribution < -0.4 is 0 Å². The van der Waals surface area contributed by atoms with Crippen molar-refractivity contribution in [3.8, 4) is 0 Å². The summed E-state index contributed by atoms with van der Waals surface area (Å²) in [5.41, 5.74) is 0.541. The summed E-state index contributed by atoms with van der Waals surface area (Å²) < 4.78 is 0. The molecular weight excluding hydrogens is 307 g/mol. The van der Waals surface area contributed by atoms with Gasteiger partial charge in [-0.25, -0.2) is 0 Å². The average molecular weight is 327 g/mol. The zero-order chi connectivity index (χ0) is 15.4. The van der Waals surface area contributed by atoms with E-state index in [2.05, 4.69) is 19.7 Å². The molecule has 1 aromatic rings. The number of carbonyl (C=O) groups excluding carboxylic acids is 1. The van der Waals surface area contributed by atoms with Crippen molar-refractivity contribution in [2.75, 3.05) is 0 Å². The molecule has 0 aromatic heterocycles. The second-order valence-electron chi connectivity index (χ2n) is 4.27. The lowest BCUT2D eigenvalue weighted by molar-refractivity contribution is 0.108. The number of benzene rings is 1. The molecule has 0 heterocycles. The average Bonchev–Trinajstić information content (AvgIpc) is 2.41. The monoisotopic (exact) mass is 326 g/mol. The van der Waals surface area contributed by atoms with Crippen LogP contribution in [-0.4, -0.2) is 12.6 Å². The topological polar surface area (TPSA) is 17.1 Å². The molecule has 4 heteroatoms. The molecule has 0 saturated carbocycles. The van der Waals surface area contributed by atoms with Crippen molar-refractivity contribution in [1.82, 2.24) is 0 Å². The molecule has 0 N–H and O–H groups in total. The highest BCUT2D eigenvalue weighted by Crippen LogP contribution is 2.26. The first kappa shape index (κ1) is 18.9. The summed E-state index contributed by atoms with van der Waals surface area (Å²) in [7, 11) is -1.63. The van der Waals surface area contributed by atoms with Crippen molar-refractivity contribution in [3.63, 3.8) is 0 Å². The minimum Gasteiger partial charge on any atom is -0.276 e. The molecule has 108 valence electrons. The van der Waals surface area contributed by atoms with Gasteiger partial charge in [0.1, 0.15) is 0 Å². The first-order valence-corrected chi connectivity index (χ1v) is 10.3. The fraction of sp³-hybridized carbons (Fsp3) is 0.188. The number of carbonyl (C=O) groups is 1. The lowest BCUT2D eigenvalue weighted by Crippen LogP contribution is -2.23. The Kier molecular flexibility index (Phi) is 10.1. The van der Waals surface area contributed by atoms with Crippen molar-refractivity contribution in [2.24, 2.45) is 0 Å². The SMILES string of the molecule is C=CC[Si](Cl)(CC=C)CC=C.O=C(Cl)c1ccccc1. The number of rotatable bonds is 7. The van der Waals surface area contributed by atoms with E-state index in [4.69, 9.17) is 22.7 Å². The standard InChI is InChI=1S/C9H15ClSi.C7H5ClO/c1-4-7-11(10,8-5-2)9-6-3;8-7(9)6-4-2-1-3-5-6/h4-6H,1-3,7-9H2;1-5H. The molecule has 0 saturated heterocycles. The zero-order valence-corrected chi connectivity index (χ0v) is 14.0. The third kappa shape index (κ3) is 8.15. The van der Waals surface area contributed by atoms with Crippen molar-refractivity contribution in [1.29, 1.82) is 0 Å². The van der Waals surface area contributed by atoms with Crippen LogP contribution in [0.25, 0.3) is 0 Å². The molecular formula is C16H20Cl2OSi. The van der Waals surface area contributed by atoms with Crippen LogP contribution in [0.3, 0.4) is 0 Å². The van der Waals surface area contributed by atoms with Gasteiger partial charge in [-0.15, -0.1) is 19.7 Å². The highest BCUT2D eigenvalue weighted by Gasteiger charge is 2.25. The van der Waals surface area contributed by atoms with Crippen molar-refractivity contribution in [2.45, 2.75) is 18.1 Å². The normalized spacial score (nSPS) is 9.90. The third-order valence-corrected chi connectivity index (χ3v) is 7.20. The van der Waals surface area contributed by atoms with E-state index in [-0.39, 0.29) is 0 Å². The summed E-state index contributed by atoms with van der Waals surface area (Å²) in [4.78, 5) is 10.4. The summed E-state index contributed by atoms with van der Waals surface area (Å²) >= 11 is 11.5. The minimum absolute atomic E-state index is 0.407. The van der Waals surface area contributed by atoms with Gasteiger partial charge < -0.3 is 0 Å². The smallest absolute Gasteiger partial charge is 0.252 e. The van der Waals surface area contributed by atoms with Crippen LogP contribution in [0.4, 0.5) is 0 Å². The van der Waals surface area contributed by atoms with E-state index in [0.29, 0.717) is 5.56 Å². The number of hydrogen-bond acceptors (Lipinski definition) is 1. The zero-order valence-electron chi connectivity index (χ0n) is 11.5. The second-order valence-corrected chi connectivity index (χ2v) is 10.5. The quantitative estimate of drug-likeness (QED) is 0.268. The molecule has 0 amide bonds. The number of hydrogen-bond donors (Lipinski definition) is 0. The Labute approximate surface area is 132 Å². The van der Waals surface area contributed by atoms with Gasteiger partial charge in [-0.2, -0.15) is 11.1 Å². The minimum atomic E-state index is -1.63. The molecule has 1 aromatic carbocycles. The van der Waals surface area contributed by atoms with E-state index in [1.165, 1.54) is 0 Å². The highest BCUT2D eigenvalue weighted by atomic mass is 35.6. The maximum atomic E-state index is 10.4. The van der Waals surface area contributed by atoms with Gasteiger partial charge in [0.15, 0.2) is 7.38 Å². The Morgan fingerprint density at radius 3 is 1.65 bits per heavy atom. The van der Waals surface area contributed by atoms with Gasteiger partial charge in [-0.05, 0) is 29.7 Å². The molecule has 0 aliphatic carbocycles. The van der Waals surface area contributed by atoms with Gasteiger partial charge in [-0.1, -0.05) is 48.6 Å². The van der Waals surface area contributed by atoms with E-state index >= 15 is 0 Å². The van der Waals surface area contributed by atoms with Crippen LogP contribution in [0.1, 0.15) is 10.4 Å². The second kappa shape index (κ2) is 10.7. The van der Waals surface area contributed by atoms with Crippen LogP contribution in [0.15, 0.2) is 68.3 Å². The van der Waals surface area contributed by atoms with Crippen LogP contribution in [-0.2, 0) is 0 Å². The third-order valence-electron chi connectivity index (χ3n) is 2.53. The Morgan fingerprint density at radius 2 is 1.40 bits per heavy atom. The summed E-state index contributed by atoms with van der Waals surface area (Å²) in [6.07, 6.45) is 5.69. The van der Waals surface area contributed by atoms with Gasteiger partial charge in [0.05, 0.1) is 0 Å². The van der Waals surface area contributed by atoms with Crippen LogP contribution in [0.5, 0.6) is 0 Å². The van der Waals surface area contributed by atoms with E-state index in [0.717, 1.165) is 18.1 Å².